The third kappa shape index (κ3) is 3.39. The van der Waals surface area contributed by atoms with E-state index < -0.39 is 0 Å². The van der Waals surface area contributed by atoms with Crippen molar-refractivity contribution < 1.29 is 5.11 Å². The van der Waals surface area contributed by atoms with Gasteiger partial charge in [-0.3, -0.25) is 0 Å². The van der Waals surface area contributed by atoms with E-state index in [0.29, 0.717) is 5.41 Å². The molecule has 0 radical (unpaired) electrons. The van der Waals surface area contributed by atoms with E-state index in [1.54, 1.807) is 0 Å². The van der Waals surface area contributed by atoms with Crippen molar-refractivity contribution in [1.82, 2.24) is 0 Å². The van der Waals surface area contributed by atoms with Crippen molar-refractivity contribution in [3.05, 3.63) is 35.9 Å². The van der Waals surface area contributed by atoms with Gasteiger partial charge in [0.2, 0.25) is 0 Å². The van der Waals surface area contributed by atoms with Crippen LogP contribution in [0.15, 0.2) is 30.3 Å². The lowest BCUT2D eigenvalue weighted by Crippen LogP contribution is -2.37. The third-order valence-electron chi connectivity index (χ3n) is 4.65. The first-order valence-electron chi connectivity index (χ1n) is 7.68. The van der Waals surface area contributed by atoms with Gasteiger partial charge in [-0.05, 0) is 36.7 Å². The van der Waals surface area contributed by atoms with E-state index >= 15 is 0 Å². The molecule has 106 valence electrons. The van der Waals surface area contributed by atoms with Crippen molar-refractivity contribution in [2.24, 2.45) is 5.41 Å². The fourth-order valence-electron chi connectivity index (χ4n) is 3.44. The molecule has 0 saturated heterocycles. The minimum Gasteiger partial charge on any atom is -0.392 e. The van der Waals surface area contributed by atoms with E-state index in [2.05, 4.69) is 51.1 Å². The van der Waals surface area contributed by atoms with Crippen LogP contribution in [0.2, 0.25) is 0 Å². The largest absolute Gasteiger partial charge is 0.392 e. The first-order valence-corrected chi connectivity index (χ1v) is 7.68. The highest BCUT2D eigenvalue weighted by Gasteiger charge is 2.41. The zero-order chi connectivity index (χ0) is 13.9. The summed E-state index contributed by atoms with van der Waals surface area (Å²) in [4.78, 5) is 0. The molecule has 1 aliphatic rings. The van der Waals surface area contributed by atoms with Crippen LogP contribution in [0.3, 0.4) is 0 Å². The molecule has 1 heteroatoms. The lowest BCUT2D eigenvalue weighted by atomic mass is 9.71. The van der Waals surface area contributed by atoms with E-state index in [4.69, 9.17) is 0 Å². The van der Waals surface area contributed by atoms with Gasteiger partial charge in [-0.25, -0.2) is 0 Å². The summed E-state index contributed by atoms with van der Waals surface area (Å²) < 4.78 is 0. The molecule has 1 nitrogen and oxygen atoms in total. The summed E-state index contributed by atoms with van der Waals surface area (Å²) in [5.74, 6) is 0. The molecule has 0 aromatic heterocycles. The van der Waals surface area contributed by atoms with Crippen LogP contribution in [-0.4, -0.2) is 11.2 Å². The smallest absolute Gasteiger partial charge is 0.0637 e. The zero-order valence-corrected chi connectivity index (χ0v) is 12.7. The Morgan fingerprint density at radius 3 is 2.21 bits per heavy atom. The predicted molar refractivity (Wildman–Crippen MR) is 81.3 cm³/mol. The Hall–Kier alpha value is -0.820. The summed E-state index contributed by atoms with van der Waals surface area (Å²) in [6.07, 6.45) is 6.59. The quantitative estimate of drug-likeness (QED) is 0.833. The molecule has 1 unspecified atom stereocenters. The molecular formula is C18H28O. The molecule has 1 saturated carbocycles. The molecule has 1 fully saturated rings. The van der Waals surface area contributed by atoms with E-state index in [0.717, 1.165) is 25.7 Å². The Morgan fingerprint density at radius 2 is 1.68 bits per heavy atom. The Labute approximate surface area is 118 Å². The summed E-state index contributed by atoms with van der Waals surface area (Å²) in [6.45, 7) is 6.76. The number of aliphatic hydroxyl groups excluding tert-OH is 1. The van der Waals surface area contributed by atoms with Gasteiger partial charge >= 0.3 is 0 Å². The maximum absolute atomic E-state index is 10.8. The Morgan fingerprint density at radius 1 is 1.11 bits per heavy atom. The Kier molecular flexibility index (Phi) is 4.35. The molecule has 19 heavy (non-hydrogen) atoms. The molecule has 2 rings (SSSR count). The van der Waals surface area contributed by atoms with Crippen LogP contribution in [0.25, 0.3) is 0 Å². The summed E-state index contributed by atoms with van der Waals surface area (Å²) in [5, 5.41) is 10.8. The van der Waals surface area contributed by atoms with Gasteiger partial charge in [0.1, 0.15) is 0 Å². The molecule has 0 aliphatic heterocycles. The highest BCUT2D eigenvalue weighted by atomic mass is 16.3. The van der Waals surface area contributed by atoms with Crippen LogP contribution in [0, 0.1) is 5.41 Å². The van der Waals surface area contributed by atoms with E-state index in [1.165, 1.54) is 18.4 Å². The average molecular weight is 260 g/mol. The highest BCUT2D eigenvalue weighted by Crippen LogP contribution is 2.45. The van der Waals surface area contributed by atoms with E-state index in [9.17, 15) is 5.11 Å². The summed E-state index contributed by atoms with van der Waals surface area (Å²) in [5.41, 5.74) is 1.66. The second kappa shape index (κ2) is 5.66. The Bertz CT molecular complexity index is 382. The van der Waals surface area contributed by atoms with Crippen molar-refractivity contribution >= 4 is 0 Å². The van der Waals surface area contributed by atoms with Crippen LogP contribution in [-0.2, 0) is 5.41 Å². The lowest BCUT2D eigenvalue weighted by molar-refractivity contribution is 0.0635. The van der Waals surface area contributed by atoms with Gasteiger partial charge in [-0.1, -0.05) is 63.9 Å². The lowest BCUT2D eigenvalue weighted by Gasteiger charge is -2.36. The monoisotopic (exact) mass is 260 g/mol. The molecule has 0 heterocycles. The second-order valence-electron chi connectivity index (χ2n) is 7.34. The topological polar surface area (TPSA) is 20.2 Å². The predicted octanol–water partition coefficient (Wildman–Crippen LogP) is 4.69. The van der Waals surface area contributed by atoms with Crippen LogP contribution >= 0.6 is 0 Å². The molecule has 0 bridgehead atoms. The molecular weight excluding hydrogens is 232 g/mol. The number of hydrogen-bond acceptors (Lipinski definition) is 1. The normalized spacial score (nSPS) is 20.4. The molecule has 1 aromatic carbocycles. The second-order valence-corrected chi connectivity index (χ2v) is 7.34. The van der Waals surface area contributed by atoms with Gasteiger partial charge in [0.05, 0.1) is 6.10 Å². The van der Waals surface area contributed by atoms with Crippen LogP contribution in [0.1, 0.15) is 64.9 Å². The fourth-order valence-corrected chi connectivity index (χ4v) is 3.44. The minimum absolute atomic E-state index is 0.0203. The van der Waals surface area contributed by atoms with Crippen molar-refractivity contribution in [3.63, 3.8) is 0 Å². The number of aliphatic hydroxyl groups is 1. The number of hydrogen-bond donors (Lipinski definition) is 1. The van der Waals surface area contributed by atoms with Crippen LogP contribution in [0.4, 0.5) is 0 Å². The summed E-state index contributed by atoms with van der Waals surface area (Å²) >= 11 is 0. The summed E-state index contributed by atoms with van der Waals surface area (Å²) in [6, 6.07) is 10.7. The highest BCUT2D eigenvalue weighted by molar-refractivity contribution is 5.28. The van der Waals surface area contributed by atoms with Gasteiger partial charge in [-0.2, -0.15) is 0 Å². The zero-order valence-electron chi connectivity index (χ0n) is 12.7. The van der Waals surface area contributed by atoms with Crippen molar-refractivity contribution in [1.29, 1.82) is 0 Å². The molecule has 1 atom stereocenters. The van der Waals surface area contributed by atoms with Gasteiger partial charge < -0.3 is 5.11 Å². The van der Waals surface area contributed by atoms with Gasteiger partial charge in [-0.15, -0.1) is 0 Å². The average Bonchev–Trinajstić information content (AvgIpc) is 2.87. The summed E-state index contributed by atoms with van der Waals surface area (Å²) in [7, 11) is 0. The first kappa shape index (κ1) is 14.6. The van der Waals surface area contributed by atoms with Gasteiger partial charge in [0, 0.05) is 5.41 Å². The van der Waals surface area contributed by atoms with Gasteiger partial charge in [0.25, 0.3) is 0 Å². The fraction of sp³-hybridized carbons (Fsp3) is 0.667. The van der Waals surface area contributed by atoms with Crippen molar-refractivity contribution in [2.45, 2.75) is 70.8 Å². The third-order valence-corrected chi connectivity index (χ3v) is 4.65. The SMILES string of the molecule is CC(C)(C)CCC(O)C1(c2ccccc2)CCCC1. The van der Waals surface area contributed by atoms with E-state index in [-0.39, 0.29) is 11.5 Å². The van der Waals surface area contributed by atoms with Crippen LogP contribution in [0.5, 0.6) is 0 Å². The van der Waals surface area contributed by atoms with Gasteiger partial charge in [0.15, 0.2) is 0 Å². The molecule has 1 aliphatic carbocycles. The minimum atomic E-state index is -0.198. The van der Waals surface area contributed by atoms with E-state index in [1.807, 2.05) is 0 Å². The van der Waals surface area contributed by atoms with Crippen molar-refractivity contribution in [2.75, 3.05) is 0 Å². The Balaban J connectivity index is 2.16. The molecule has 0 amide bonds. The maximum Gasteiger partial charge on any atom is 0.0637 e. The molecule has 1 aromatic rings. The first-order chi connectivity index (χ1) is 8.94. The number of rotatable bonds is 4. The van der Waals surface area contributed by atoms with Crippen LogP contribution < -0.4 is 0 Å². The maximum atomic E-state index is 10.8. The van der Waals surface area contributed by atoms with Crippen molar-refractivity contribution in [3.8, 4) is 0 Å². The molecule has 0 spiro atoms. The standard InChI is InChI=1S/C18H28O/c1-17(2,3)14-11-16(19)18(12-7-8-13-18)15-9-5-4-6-10-15/h4-6,9-10,16,19H,7-8,11-14H2,1-3H3. The number of benzene rings is 1. The molecule has 1 N–H and O–H groups in total.